The zero-order chi connectivity index (χ0) is 19.1. The highest BCUT2D eigenvalue weighted by Crippen LogP contribution is 2.23. The highest BCUT2D eigenvalue weighted by molar-refractivity contribution is 5.66. The van der Waals surface area contributed by atoms with Gasteiger partial charge >= 0.3 is 0 Å². The molecule has 0 aliphatic carbocycles. The van der Waals surface area contributed by atoms with Gasteiger partial charge in [0, 0.05) is 36.1 Å². The second-order valence-corrected chi connectivity index (χ2v) is 5.95. The minimum Gasteiger partial charge on any atom is -0.395 e. The third-order valence-corrected chi connectivity index (χ3v) is 4.23. The zero-order valence-electron chi connectivity index (χ0n) is 15.1. The summed E-state index contributed by atoms with van der Waals surface area (Å²) in [6, 6.07) is 19.3. The molecule has 0 fully saturated rings. The van der Waals surface area contributed by atoms with Gasteiger partial charge in [0.1, 0.15) is 12.1 Å². The molecular formula is C21H21N5O. The van der Waals surface area contributed by atoms with Crippen LogP contribution in [0.2, 0.25) is 0 Å². The number of aliphatic hydroxyl groups is 1. The van der Waals surface area contributed by atoms with Crippen molar-refractivity contribution in [3.8, 4) is 17.3 Å². The number of aliphatic hydroxyl groups excluding tert-OH is 1. The maximum absolute atomic E-state index is 9.14. The summed E-state index contributed by atoms with van der Waals surface area (Å²) in [5.74, 6) is 0.694. The zero-order valence-corrected chi connectivity index (χ0v) is 15.1. The van der Waals surface area contributed by atoms with Crippen molar-refractivity contribution in [2.75, 3.05) is 29.9 Å². The Bertz CT molecular complexity index is 917. The van der Waals surface area contributed by atoms with Gasteiger partial charge in [-0.3, -0.25) is 0 Å². The van der Waals surface area contributed by atoms with Crippen LogP contribution in [-0.4, -0.2) is 34.8 Å². The van der Waals surface area contributed by atoms with Crippen molar-refractivity contribution in [3.05, 3.63) is 66.5 Å². The fourth-order valence-corrected chi connectivity index (χ4v) is 2.79. The molecule has 6 heteroatoms. The summed E-state index contributed by atoms with van der Waals surface area (Å²) >= 11 is 0. The first-order valence-electron chi connectivity index (χ1n) is 8.79. The molecule has 0 aliphatic rings. The van der Waals surface area contributed by atoms with Gasteiger partial charge in [0.05, 0.1) is 23.9 Å². The summed E-state index contributed by atoms with van der Waals surface area (Å²) in [6.07, 6.45) is 1.52. The van der Waals surface area contributed by atoms with E-state index in [4.69, 9.17) is 10.4 Å². The number of nitrogens with one attached hydrogen (secondary N) is 1. The second kappa shape index (κ2) is 8.79. The molecule has 0 spiro atoms. The molecule has 3 aromatic rings. The summed E-state index contributed by atoms with van der Waals surface area (Å²) in [5, 5.41) is 21.3. The molecule has 27 heavy (non-hydrogen) atoms. The topological polar surface area (TPSA) is 85.1 Å². The average molecular weight is 359 g/mol. The number of aromatic nitrogens is 2. The van der Waals surface area contributed by atoms with Crippen LogP contribution in [0.15, 0.2) is 60.9 Å². The summed E-state index contributed by atoms with van der Waals surface area (Å²) in [5.41, 5.74) is 4.32. The molecule has 0 atom stereocenters. The smallest absolute Gasteiger partial charge is 0.134 e. The number of hydrogen-bond acceptors (Lipinski definition) is 6. The van der Waals surface area contributed by atoms with E-state index in [1.165, 1.54) is 6.33 Å². The highest BCUT2D eigenvalue weighted by atomic mass is 16.3. The van der Waals surface area contributed by atoms with E-state index < -0.39 is 0 Å². The molecule has 0 amide bonds. The number of nitrogens with zero attached hydrogens (tertiary/aromatic N) is 4. The Morgan fingerprint density at radius 2 is 1.81 bits per heavy atom. The van der Waals surface area contributed by atoms with Gasteiger partial charge < -0.3 is 15.3 Å². The lowest BCUT2D eigenvalue weighted by atomic mass is 10.1. The number of rotatable bonds is 7. The Morgan fingerprint density at radius 3 is 2.44 bits per heavy atom. The Kier molecular flexibility index (Phi) is 5.98. The van der Waals surface area contributed by atoms with Crippen molar-refractivity contribution < 1.29 is 5.11 Å². The van der Waals surface area contributed by atoms with Crippen LogP contribution in [-0.2, 0) is 0 Å². The van der Waals surface area contributed by atoms with Crippen molar-refractivity contribution in [1.82, 2.24) is 9.97 Å². The second-order valence-electron chi connectivity index (χ2n) is 5.95. The quantitative estimate of drug-likeness (QED) is 0.671. The van der Waals surface area contributed by atoms with Gasteiger partial charge in [-0.25, -0.2) is 9.97 Å². The normalized spacial score (nSPS) is 10.3. The van der Waals surface area contributed by atoms with E-state index in [1.54, 1.807) is 12.1 Å². The molecule has 3 rings (SSSR count). The predicted octanol–water partition coefficient (Wildman–Crippen LogP) is 3.58. The summed E-state index contributed by atoms with van der Waals surface area (Å²) in [7, 11) is 0. The van der Waals surface area contributed by atoms with Crippen molar-refractivity contribution in [3.63, 3.8) is 0 Å². The maximum atomic E-state index is 9.14. The van der Waals surface area contributed by atoms with Crippen LogP contribution in [0.3, 0.4) is 0 Å². The van der Waals surface area contributed by atoms with Crippen LogP contribution in [0.5, 0.6) is 0 Å². The molecule has 0 aliphatic heterocycles. The van der Waals surface area contributed by atoms with Gasteiger partial charge in [-0.05, 0) is 43.3 Å². The highest BCUT2D eigenvalue weighted by Gasteiger charge is 2.05. The Morgan fingerprint density at radius 1 is 1.07 bits per heavy atom. The van der Waals surface area contributed by atoms with Gasteiger partial charge in [-0.15, -0.1) is 0 Å². The predicted molar refractivity (Wildman–Crippen MR) is 107 cm³/mol. The molecule has 0 saturated heterocycles. The number of likely N-dealkylation sites (N-methyl/N-ethyl adjacent to an activating group) is 1. The average Bonchev–Trinajstić information content (AvgIpc) is 2.73. The first kappa shape index (κ1) is 18.4. The molecule has 2 N–H and O–H groups in total. The lowest BCUT2D eigenvalue weighted by molar-refractivity contribution is 0.302. The molecule has 2 aromatic carbocycles. The lowest BCUT2D eigenvalue weighted by Gasteiger charge is -2.22. The third-order valence-electron chi connectivity index (χ3n) is 4.23. The van der Waals surface area contributed by atoms with Crippen molar-refractivity contribution in [2.24, 2.45) is 0 Å². The van der Waals surface area contributed by atoms with Crippen LogP contribution < -0.4 is 10.2 Å². The van der Waals surface area contributed by atoms with Crippen LogP contribution in [0.1, 0.15) is 12.5 Å². The standard InChI is InChI=1S/C21H21N5O/c1-2-26(11-12-27)19-9-7-18(8-10-19)25-21-13-20(23-15-24-21)17-5-3-16(14-22)4-6-17/h3-10,13,15,27H,2,11-12H2,1H3,(H,23,24,25). The fourth-order valence-electron chi connectivity index (χ4n) is 2.79. The van der Waals surface area contributed by atoms with E-state index in [-0.39, 0.29) is 6.61 Å². The van der Waals surface area contributed by atoms with Crippen LogP contribution >= 0.6 is 0 Å². The van der Waals surface area contributed by atoms with Crippen molar-refractivity contribution in [2.45, 2.75) is 6.92 Å². The number of benzene rings is 2. The molecule has 0 bridgehead atoms. The molecule has 0 unspecified atom stereocenters. The van der Waals surface area contributed by atoms with E-state index in [1.807, 2.05) is 42.5 Å². The van der Waals surface area contributed by atoms with E-state index in [9.17, 15) is 0 Å². The minimum atomic E-state index is 0.132. The lowest BCUT2D eigenvalue weighted by Crippen LogP contribution is -2.25. The van der Waals surface area contributed by atoms with Crippen molar-refractivity contribution in [1.29, 1.82) is 5.26 Å². The fraction of sp³-hybridized carbons (Fsp3) is 0.190. The van der Waals surface area contributed by atoms with Gasteiger partial charge in [-0.2, -0.15) is 5.26 Å². The first-order chi connectivity index (χ1) is 13.2. The van der Waals surface area contributed by atoms with Crippen LogP contribution in [0.25, 0.3) is 11.3 Å². The Labute approximate surface area is 158 Å². The van der Waals surface area contributed by atoms with E-state index >= 15 is 0 Å². The summed E-state index contributed by atoms with van der Waals surface area (Å²) in [4.78, 5) is 10.7. The minimum absolute atomic E-state index is 0.132. The van der Waals surface area contributed by atoms with Crippen LogP contribution in [0.4, 0.5) is 17.2 Å². The van der Waals surface area contributed by atoms with E-state index in [0.717, 1.165) is 29.2 Å². The Balaban J connectivity index is 1.75. The number of hydrogen-bond donors (Lipinski definition) is 2. The van der Waals surface area contributed by atoms with Crippen LogP contribution in [0, 0.1) is 11.3 Å². The Hall–Kier alpha value is -3.43. The number of nitriles is 1. The largest absolute Gasteiger partial charge is 0.395 e. The SMILES string of the molecule is CCN(CCO)c1ccc(Nc2cc(-c3ccc(C#N)cc3)ncn2)cc1. The maximum Gasteiger partial charge on any atom is 0.134 e. The number of anilines is 3. The molecular weight excluding hydrogens is 338 g/mol. The monoisotopic (exact) mass is 359 g/mol. The van der Waals surface area contributed by atoms with Gasteiger partial charge in [0.25, 0.3) is 0 Å². The molecule has 0 radical (unpaired) electrons. The molecule has 1 heterocycles. The first-order valence-corrected chi connectivity index (χ1v) is 8.79. The molecule has 136 valence electrons. The van der Waals surface area contributed by atoms with Crippen molar-refractivity contribution >= 4 is 17.2 Å². The van der Waals surface area contributed by atoms with Gasteiger partial charge in [0.2, 0.25) is 0 Å². The van der Waals surface area contributed by atoms with E-state index in [0.29, 0.717) is 17.9 Å². The molecule has 1 aromatic heterocycles. The summed E-state index contributed by atoms with van der Waals surface area (Å²) in [6.45, 7) is 3.65. The van der Waals surface area contributed by atoms with Gasteiger partial charge in [0.15, 0.2) is 0 Å². The van der Waals surface area contributed by atoms with E-state index in [2.05, 4.69) is 33.2 Å². The molecule has 6 nitrogen and oxygen atoms in total. The summed E-state index contributed by atoms with van der Waals surface area (Å²) < 4.78 is 0. The molecule has 0 saturated carbocycles. The third kappa shape index (κ3) is 4.60. The van der Waals surface area contributed by atoms with Gasteiger partial charge in [-0.1, -0.05) is 12.1 Å².